The van der Waals surface area contributed by atoms with Crippen molar-refractivity contribution in [1.29, 1.82) is 0 Å². The van der Waals surface area contributed by atoms with E-state index in [1.54, 1.807) is 6.08 Å². The van der Waals surface area contributed by atoms with E-state index < -0.39 is 0 Å². The molecule has 1 heteroatoms. The zero-order chi connectivity index (χ0) is 4.28. The first-order valence-electron chi connectivity index (χ1n) is 1.37. The van der Waals surface area contributed by atoms with Crippen LogP contribution in [-0.2, 0) is 0 Å². The quantitative estimate of drug-likeness (QED) is 0.328. The molecule has 0 aliphatic rings. The minimum atomic E-state index is 0.368. The van der Waals surface area contributed by atoms with E-state index in [0.29, 0.717) is 3.92 Å². The molecule has 29 valence electrons. The van der Waals surface area contributed by atoms with Gasteiger partial charge in [0.25, 0.3) is 0 Å². The number of hydrogen-bond donors (Lipinski definition) is 0. The van der Waals surface area contributed by atoms with Crippen LogP contribution >= 0.6 is 22.6 Å². The number of hydrogen-bond acceptors (Lipinski definition) is 0. The Morgan fingerprint density at radius 3 is 2.00 bits per heavy atom. The Hall–Kier alpha value is 0.470. The van der Waals surface area contributed by atoms with E-state index in [9.17, 15) is 0 Å². The highest BCUT2D eigenvalue weighted by atomic mass is 127. The van der Waals surface area contributed by atoms with Gasteiger partial charge in [0.05, 0.1) is 0 Å². The summed E-state index contributed by atoms with van der Waals surface area (Å²) in [4.78, 5) is 0. The molecule has 0 bridgehead atoms. The predicted octanol–water partition coefficient (Wildman–Crippen LogP) is 1.81. The van der Waals surface area contributed by atoms with E-state index in [1.165, 1.54) is 0 Å². The van der Waals surface area contributed by atoms with Crippen LogP contribution < -0.4 is 0 Å². The highest BCUT2D eigenvalue weighted by Crippen LogP contribution is 1.94. The molecule has 0 fully saturated rings. The van der Waals surface area contributed by atoms with Crippen molar-refractivity contribution in [1.82, 2.24) is 0 Å². The Labute approximate surface area is 46.4 Å². The minimum absolute atomic E-state index is 0.368. The first kappa shape index (κ1) is 5.47. The lowest BCUT2D eigenvalue weighted by Gasteiger charge is -1.81. The maximum absolute atomic E-state index is 3.63. The molecule has 5 heavy (non-hydrogen) atoms. The van der Waals surface area contributed by atoms with Crippen LogP contribution in [0.5, 0.6) is 0 Å². The normalized spacial score (nSPS) is 14.0. The highest BCUT2D eigenvalue weighted by molar-refractivity contribution is 14.1. The highest BCUT2D eigenvalue weighted by Gasteiger charge is 1.76. The second kappa shape index (κ2) is 2.69. The molecule has 0 spiro atoms. The van der Waals surface area contributed by atoms with E-state index in [-0.39, 0.29) is 0 Å². The van der Waals surface area contributed by atoms with Gasteiger partial charge in [-0.1, -0.05) is 28.7 Å². The van der Waals surface area contributed by atoms with Crippen LogP contribution in [0.4, 0.5) is 0 Å². The molecule has 1 radical (unpaired) electrons. The van der Waals surface area contributed by atoms with Crippen molar-refractivity contribution in [2.24, 2.45) is 0 Å². The summed E-state index contributed by atoms with van der Waals surface area (Å²) in [6.45, 7) is 7.12. The van der Waals surface area contributed by atoms with E-state index in [4.69, 9.17) is 0 Å². The molecule has 1 unspecified atom stereocenters. The minimum Gasteiger partial charge on any atom is -0.102 e. The molecule has 0 nitrogen and oxygen atoms in total. The second-order valence-corrected chi connectivity index (χ2v) is 2.35. The Morgan fingerprint density at radius 1 is 1.80 bits per heavy atom. The molecular weight excluding hydrogens is 175 g/mol. The van der Waals surface area contributed by atoms with Gasteiger partial charge in [-0.3, -0.25) is 0 Å². The third-order valence-electron chi connectivity index (χ3n) is 0.256. The predicted molar refractivity (Wildman–Crippen MR) is 33.4 cm³/mol. The van der Waals surface area contributed by atoms with Gasteiger partial charge in [0, 0.05) is 3.92 Å². The third kappa shape index (κ3) is 4.47. The van der Waals surface area contributed by atoms with Crippen molar-refractivity contribution in [3.63, 3.8) is 0 Å². The number of alkyl halides is 1. The smallest absolute Gasteiger partial charge is 0.0287 e. The Morgan fingerprint density at radius 2 is 2.00 bits per heavy atom. The van der Waals surface area contributed by atoms with Gasteiger partial charge >= 0.3 is 0 Å². The second-order valence-electron chi connectivity index (χ2n) is 0.752. The van der Waals surface area contributed by atoms with Crippen LogP contribution in [0.15, 0.2) is 12.7 Å². The van der Waals surface area contributed by atoms with Gasteiger partial charge in [-0.05, 0) is 6.92 Å². The largest absolute Gasteiger partial charge is 0.102 e. The zero-order valence-electron chi connectivity index (χ0n) is 2.95. The fourth-order valence-corrected chi connectivity index (χ4v) is 0. The van der Waals surface area contributed by atoms with Gasteiger partial charge in [0.15, 0.2) is 0 Å². The lowest BCUT2D eigenvalue weighted by atomic mass is 10.5. The fourth-order valence-electron chi connectivity index (χ4n) is 0. The molecule has 1 atom stereocenters. The summed E-state index contributed by atoms with van der Waals surface area (Å²) in [5.41, 5.74) is 0. The Kier molecular flexibility index (Phi) is 2.95. The van der Waals surface area contributed by atoms with Crippen molar-refractivity contribution in [2.45, 2.75) is 3.92 Å². The topological polar surface area (TPSA) is 0 Å². The van der Waals surface area contributed by atoms with Crippen molar-refractivity contribution < 1.29 is 0 Å². The molecule has 0 saturated carbocycles. The fraction of sp³-hybridized carbons (Fsp3) is 0.250. The lowest BCUT2D eigenvalue weighted by Crippen LogP contribution is -1.74. The van der Waals surface area contributed by atoms with Crippen LogP contribution in [0.3, 0.4) is 0 Å². The summed E-state index contributed by atoms with van der Waals surface area (Å²) in [6.07, 6.45) is 1.79. The van der Waals surface area contributed by atoms with Crippen molar-refractivity contribution >= 4 is 22.6 Å². The first-order valence-corrected chi connectivity index (χ1v) is 2.61. The van der Waals surface area contributed by atoms with Crippen LogP contribution in [0.1, 0.15) is 0 Å². The SMILES string of the molecule is [CH2]C(I)C=C. The van der Waals surface area contributed by atoms with Crippen LogP contribution in [0, 0.1) is 6.92 Å². The molecule has 0 aromatic heterocycles. The lowest BCUT2D eigenvalue weighted by molar-refractivity contribution is 1.51. The van der Waals surface area contributed by atoms with Crippen LogP contribution in [0.2, 0.25) is 0 Å². The van der Waals surface area contributed by atoms with Gasteiger partial charge < -0.3 is 0 Å². The van der Waals surface area contributed by atoms with Crippen LogP contribution in [0.25, 0.3) is 0 Å². The average Bonchev–Trinajstić information content (AvgIpc) is 1.38. The van der Waals surface area contributed by atoms with E-state index >= 15 is 0 Å². The van der Waals surface area contributed by atoms with Gasteiger partial charge in [0.2, 0.25) is 0 Å². The molecule has 0 aromatic rings. The molecule has 0 N–H and O–H groups in total. The summed E-state index contributed by atoms with van der Waals surface area (Å²) in [5.74, 6) is 0. The first-order chi connectivity index (χ1) is 2.27. The Bertz CT molecular complexity index is 30.6. The van der Waals surface area contributed by atoms with E-state index in [2.05, 4.69) is 36.1 Å². The number of halogens is 1. The van der Waals surface area contributed by atoms with Gasteiger partial charge in [-0.25, -0.2) is 0 Å². The standard InChI is InChI=1S/C4H6I/c1-3-4(2)5/h3-4H,1-2H2. The molecule has 0 heterocycles. The average molecular weight is 181 g/mol. The summed E-state index contributed by atoms with van der Waals surface area (Å²) in [6, 6.07) is 0. The third-order valence-corrected chi connectivity index (χ3v) is 0.764. The molecular formula is C4H6I. The Balaban J connectivity index is 2.83. The van der Waals surface area contributed by atoms with Gasteiger partial charge in [-0.2, -0.15) is 0 Å². The summed E-state index contributed by atoms with van der Waals surface area (Å²) < 4.78 is 0.368. The maximum Gasteiger partial charge on any atom is 0.0287 e. The summed E-state index contributed by atoms with van der Waals surface area (Å²) in [7, 11) is 0. The number of allylic oxidation sites excluding steroid dienone is 1. The zero-order valence-corrected chi connectivity index (χ0v) is 5.10. The number of rotatable bonds is 1. The van der Waals surface area contributed by atoms with Crippen molar-refractivity contribution in [2.75, 3.05) is 0 Å². The summed E-state index contributed by atoms with van der Waals surface area (Å²) in [5, 5.41) is 0. The summed E-state index contributed by atoms with van der Waals surface area (Å²) >= 11 is 2.18. The van der Waals surface area contributed by atoms with Crippen molar-refractivity contribution in [3.05, 3.63) is 19.6 Å². The maximum atomic E-state index is 3.63. The van der Waals surface area contributed by atoms with Gasteiger partial charge in [-0.15, -0.1) is 6.58 Å². The molecule has 0 aromatic carbocycles. The van der Waals surface area contributed by atoms with Crippen LogP contribution in [-0.4, -0.2) is 3.92 Å². The molecule has 0 saturated heterocycles. The molecule has 0 rings (SSSR count). The monoisotopic (exact) mass is 181 g/mol. The van der Waals surface area contributed by atoms with E-state index in [0.717, 1.165) is 0 Å². The molecule has 0 aliphatic heterocycles. The van der Waals surface area contributed by atoms with E-state index in [1.807, 2.05) is 0 Å². The molecule has 0 aliphatic carbocycles. The van der Waals surface area contributed by atoms with Crippen molar-refractivity contribution in [3.8, 4) is 0 Å². The molecule has 0 amide bonds. The van der Waals surface area contributed by atoms with Gasteiger partial charge in [0.1, 0.15) is 0 Å².